The predicted molar refractivity (Wildman–Crippen MR) is 297 cm³/mol. The molecule has 2 fully saturated rings. The SMILES string of the molecule is CC1(C)C2CCC1(CS(=O)(=O)N=P(c1ccccc1)(c1ccccc1)c1ccc3ccccc3c1-c1c(P(=O)(c3ccccc3)c3ccccc3)ccc3ccccc13)C(O[Si](C)(C)C(C)(C)C)C2. The van der Waals surface area contributed by atoms with Crippen molar-refractivity contribution in [2.75, 3.05) is 5.75 Å². The summed E-state index contributed by atoms with van der Waals surface area (Å²) in [5.74, 6) is 0.246. The highest BCUT2D eigenvalue weighted by Crippen LogP contribution is 2.68. The van der Waals surface area contributed by atoms with Gasteiger partial charge in [-0.15, -0.1) is 0 Å². The lowest BCUT2D eigenvalue weighted by Crippen LogP contribution is -2.52. The van der Waals surface area contributed by atoms with Crippen molar-refractivity contribution < 1.29 is 17.4 Å². The molecule has 9 heteroatoms. The number of sulfonamides is 1. The summed E-state index contributed by atoms with van der Waals surface area (Å²) in [6.45, 7) is 15.9. The Morgan fingerprint density at radius 3 is 1.48 bits per heavy atom. The molecule has 0 spiro atoms. The molecular weight excluding hydrogens is 921 g/mol. The average Bonchev–Trinajstić information content (AvgIpc) is 3.70. The zero-order valence-electron chi connectivity index (χ0n) is 40.8. The molecule has 3 atom stereocenters. The van der Waals surface area contributed by atoms with Gasteiger partial charge in [0.15, 0.2) is 15.5 Å². The van der Waals surface area contributed by atoms with E-state index in [9.17, 15) is 0 Å². The standard InChI is InChI=1S/C60H63NO4P2SSi/c1-58(2,3)69(6,7)65-55-42-46-40-41-60(55,59(46,4)5)43-68(63,64)61-66(47-26-12-8-13-27-47,48-28-14-9-15-29-48)53-38-36-44-24-20-22-34-51(44)56(53)57-52-35-23-21-25-45(52)37-39-54(57)67(62,49-30-16-10-17-31-49)50-32-18-11-19-33-50/h8-39,46,55H,40-43H2,1-7H3. The number of nitrogens with zero attached hydrogens (tertiary/aromatic N) is 1. The van der Waals surface area contributed by atoms with Gasteiger partial charge in [-0.3, -0.25) is 0 Å². The molecule has 352 valence electrons. The summed E-state index contributed by atoms with van der Waals surface area (Å²) in [5.41, 5.74) is 0.736. The van der Waals surface area contributed by atoms with E-state index in [4.69, 9.17) is 8.58 Å². The highest BCUT2D eigenvalue weighted by molar-refractivity contribution is 7.99. The van der Waals surface area contributed by atoms with Crippen LogP contribution in [0.1, 0.15) is 53.9 Å². The summed E-state index contributed by atoms with van der Waals surface area (Å²) in [6.07, 6.45) is 2.40. The van der Waals surface area contributed by atoms with Crippen molar-refractivity contribution in [3.05, 3.63) is 194 Å². The van der Waals surface area contributed by atoms with Crippen LogP contribution < -0.4 is 31.8 Å². The van der Waals surface area contributed by atoms with Gasteiger partial charge < -0.3 is 8.99 Å². The molecule has 0 N–H and O–H groups in total. The van der Waals surface area contributed by atoms with E-state index < -0.39 is 38.0 Å². The molecule has 3 unspecified atom stereocenters. The van der Waals surface area contributed by atoms with Crippen molar-refractivity contribution in [3.63, 3.8) is 0 Å². The topological polar surface area (TPSA) is 72.8 Å². The van der Waals surface area contributed by atoms with Crippen LogP contribution in [0.3, 0.4) is 0 Å². The molecule has 2 aliphatic rings. The van der Waals surface area contributed by atoms with Crippen LogP contribution in [0.5, 0.6) is 0 Å². The van der Waals surface area contributed by atoms with E-state index in [0.29, 0.717) is 11.2 Å². The first-order valence-electron chi connectivity index (χ1n) is 24.3. The molecule has 0 saturated heterocycles. The van der Waals surface area contributed by atoms with E-state index in [0.717, 1.165) is 78.5 Å². The highest BCUT2D eigenvalue weighted by atomic mass is 32.2. The Balaban J connectivity index is 1.34. The fourth-order valence-corrected chi connectivity index (χ4v) is 23.1. The van der Waals surface area contributed by atoms with E-state index in [2.05, 4.69) is 121 Å². The Bertz CT molecular complexity index is 3340. The van der Waals surface area contributed by atoms with Crippen molar-refractivity contribution in [2.24, 2.45) is 20.9 Å². The molecule has 0 aromatic heterocycles. The van der Waals surface area contributed by atoms with Crippen molar-refractivity contribution in [3.8, 4) is 11.1 Å². The van der Waals surface area contributed by atoms with Crippen molar-refractivity contribution in [1.29, 1.82) is 0 Å². The van der Waals surface area contributed by atoms with Gasteiger partial charge in [-0.1, -0.05) is 223 Å². The maximum absolute atomic E-state index is 16.9. The molecule has 0 amide bonds. The minimum Gasteiger partial charge on any atom is -0.413 e. The van der Waals surface area contributed by atoms with Crippen LogP contribution in [0.15, 0.2) is 198 Å². The lowest BCUT2D eigenvalue weighted by Gasteiger charge is -2.47. The molecule has 0 aliphatic heterocycles. The first kappa shape index (κ1) is 47.5. The van der Waals surface area contributed by atoms with Crippen LogP contribution in [-0.4, -0.2) is 28.6 Å². The first-order chi connectivity index (χ1) is 32.9. The fraction of sp³-hybridized carbons (Fsp3) is 0.267. The van der Waals surface area contributed by atoms with E-state index in [1.165, 1.54) is 0 Å². The summed E-state index contributed by atoms with van der Waals surface area (Å²) in [5, 5.41) is 8.38. The smallest absolute Gasteiger partial charge is 0.253 e. The Hall–Kier alpha value is -5.13. The molecule has 69 heavy (non-hydrogen) atoms. The Morgan fingerprint density at radius 2 is 1.01 bits per heavy atom. The molecule has 0 radical (unpaired) electrons. The fourth-order valence-electron chi connectivity index (χ4n) is 11.7. The predicted octanol–water partition coefficient (Wildman–Crippen LogP) is 13.3. The maximum atomic E-state index is 16.9. The van der Waals surface area contributed by atoms with Gasteiger partial charge in [0.05, 0.1) is 18.9 Å². The van der Waals surface area contributed by atoms with Crippen LogP contribution >= 0.6 is 14.2 Å². The zero-order chi connectivity index (χ0) is 48.5. The van der Waals surface area contributed by atoms with Gasteiger partial charge in [0.25, 0.3) is 10.0 Å². The van der Waals surface area contributed by atoms with Crippen molar-refractivity contribution in [2.45, 2.75) is 78.1 Å². The van der Waals surface area contributed by atoms with Gasteiger partial charge in [-0.05, 0) is 76.3 Å². The van der Waals surface area contributed by atoms with Gasteiger partial charge in [-0.25, -0.2) is 8.42 Å². The number of rotatable bonds is 12. The minimum atomic E-state index is -4.27. The van der Waals surface area contributed by atoms with Crippen LogP contribution in [0.4, 0.5) is 0 Å². The molecule has 2 aliphatic carbocycles. The maximum Gasteiger partial charge on any atom is 0.253 e. The molecule has 8 aromatic carbocycles. The molecular formula is C60H63NO4P2SSi. The van der Waals surface area contributed by atoms with Crippen LogP contribution in [0, 0.1) is 16.7 Å². The first-order valence-corrected chi connectivity index (χ1v) is 32.3. The third-order valence-electron chi connectivity index (χ3n) is 16.5. The zero-order valence-corrected chi connectivity index (χ0v) is 44.4. The second kappa shape index (κ2) is 17.6. The molecule has 2 saturated carbocycles. The van der Waals surface area contributed by atoms with E-state index in [1.54, 1.807) is 0 Å². The number of fused-ring (bicyclic) bond motifs is 4. The number of benzene rings is 8. The summed E-state index contributed by atoms with van der Waals surface area (Å²) in [4.78, 5) is 0. The summed E-state index contributed by atoms with van der Waals surface area (Å²) < 4.78 is 62.3. The highest BCUT2D eigenvalue weighted by Gasteiger charge is 2.67. The van der Waals surface area contributed by atoms with Gasteiger partial charge in [-0.2, -0.15) is 4.15 Å². The van der Waals surface area contributed by atoms with Gasteiger partial charge in [0, 0.05) is 48.4 Å². The average molecular weight is 984 g/mol. The largest absolute Gasteiger partial charge is 0.413 e. The molecule has 2 bridgehead atoms. The molecule has 8 aromatic rings. The van der Waals surface area contributed by atoms with Crippen molar-refractivity contribution >= 4 is 85.9 Å². The van der Waals surface area contributed by atoms with Crippen LogP contribution in [0.25, 0.3) is 32.7 Å². The summed E-state index contributed by atoms with van der Waals surface area (Å²) >= 11 is 0. The normalized spacial score (nSPS) is 19.5. The van der Waals surface area contributed by atoms with Gasteiger partial charge in [0.1, 0.15) is 0 Å². The molecule has 5 nitrogen and oxygen atoms in total. The quantitative estimate of drug-likeness (QED) is 0.0903. The Kier molecular flexibility index (Phi) is 12.1. The van der Waals surface area contributed by atoms with Gasteiger partial charge in [0.2, 0.25) is 0 Å². The van der Waals surface area contributed by atoms with E-state index in [-0.39, 0.29) is 22.3 Å². The minimum absolute atomic E-state index is 0.0390. The van der Waals surface area contributed by atoms with E-state index >= 15 is 13.0 Å². The monoisotopic (exact) mass is 983 g/mol. The molecule has 10 rings (SSSR count). The van der Waals surface area contributed by atoms with E-state index in [1.807, 2.05) is 121 Å². The van der Waals surface area contributed by atoms with Crippen molar-refractivity contribution in [1.82, 2.24) is 0 Å². The summed E-state index contributed by atoms with van der Waals surface area (Å²) in [6, 6.07) is 64.9. The Labute approximate surface area is 411 Å². The van der Waals surface area contributed by atoms with Gasteiger partial charge >= 0.3 is 0 Å². The van der Waals surface area contributed by atoms with Crippen LogP contribution in [-0.2, 0) is 19.0 Å². The third-order valence-corrected chi connectivity index (χ3v) is 30.1. The lowest BCUT2D eigenvalue weighted by molar-refractivity contribution is 0.0237. The lowest BCUT2D eigenvalue weighted by atomic mass is 9.70. The van der Waals surface area contributed by atoms with Crippen LogP contribution in [0.2, 0.25) is 18.1 Å². The number of hydrogen-bond acceptors (Lipinski definition) is 4. The Morgan fingerprint density at radius 1 is 0.594 bits per heavy atom. The third kappa shape index (κ3) is 7.88. The second-order valence-electron chi connectivity index (χ2n) is 21.5. The molecule has 0 heterocycles. The second-order valence-corrected chi connectivity index (χ2v) is 33.9. The number of hydrogen-bond donors (Lipinski definition) is 0. The summed E-state index contributed by atoms with van der Waals surface area (Å²) in [7, 11) is -13.8.